The van der Waals surface area contributed by atoms with E-state index in [0.717, 1.165) is 25.2 Å². The van der Waals surface area contributed by atoms with Gasteiger partial charge in [-0.25, -0.2) is 0 Å². The second-order valence-corrected chi connectivity index (χ2v) is 1.82. The van der Waals surface area contributed by atoms with Crippen molar-refractivity contribution < 1.29 is 9.94 Å². The number of ether oxygens (including phenoxy) is 1. The lowest BCUT2D eigenvalue weighted by Crippen LogP contribution is -2.16. The van der Waals surface area contributed by atoms with Crippen LogP contribution in [0.4, 0.5) is 0 Å². The van der Waals surface area contributed by atoms with Crippen LogP contribution in [0.5, 0.6) is 0 Å². The summed E-state index contributed by atoms with van der Waals surface area (Å²) in [6.07, 6.45) is 1.87. The van der Waals surface area contributed by atoms with Crippen LogP contribution in [0.25, 0.3) is 0 Å². The van der Waals surface area contributed by atoms with Gasteiger partial charge in [0.05, 0.1) is 12.3 Å². The lowest BCUT2D eigenvalue weighted by atomic mass is 10.2. The minimum atomic E-state index is 0.510. The van der Waals surface area contributed by atoms with E-state index in [1.54, 1.807) is 0 Å². The van der Waals surface area contributed by atoms with Crippen LogP contribution < -0.4 is 0 Å². The highest BCUT2D eigenvalue weighted by Gasteiger charge is 2.05. The van der Waals surface area contributed by atoms with Crippen LogP contribution in [-0.2, 0) is 4.74 Å². The number of oxime groups is 1. The van der Waals surface area contributed by atoms with Crippen molar-refractivity contribution in [1.29, 1.82) is 0 Å². The molecule has 0 atom stereocenters. The summed E-state index contributed by atoms with van der Waals surface area (Å²) in [6.45, 7) is 1.32. The van der Waals surface area contributed by atoms with Crippen molar-refractivity contribution in [3.05, 3.63) is 0 Å². The topological polar surface area (TPSA) is 41.8 Å². The second-order valence-electron chi connectivity index (χ2n) is 1.82. The van der Waals surface area contributed by atoms with Gasteiger partial charge in [-0.05, 0) is 12.8 Å². The van der Waals surface area contributed by atoms with Crippen LogP contribution in [0.1, 0.15) is 12.8 Å². The first-order valence-corrected chi connectivity index (χ1v) is 2.71. The van der Waals surface area contributed by atoms with Gasteiger partial charge in [-0.15, -0.1) is 0 Å². The molecule has 1 aliphatic rings. The van der Waals surface area contributed by atoms with E-state index in [-0.39, 0.29) is 0 Å². The van der Waals surface area contributed by atoms with Gasteiger partial charge in [-0.2, -0.15) is 0 Å². The summed E-state index contributed by atoms with van der Waals surface area (Å²) >= 11 is 0. The minimum absolute atomic E-state index is 0.510. The summed E-state index contributed by atoms with van der Waals surface area (Å²) in [6, 6.07) is 0. The van der Waals surface area contributed by atoms with Crippen molar-refractivity contribution >= 4 is 5.71 Å². The molecule has 8 heavy (non-hydrogen) atoms. The zero-order chi connectivity index (χ0) is 5.82. The van der Waals surface area contributed by atoms with Gasteiger partial charge in [0.2, 0.25) is 0 Å². The van der Waals surface area contributed by atoms with Gasteiger partial charge >= 0.3 is 0 Å². The van der Waals surface area contributed by atoms with Crippen LogP contribution in [0.15, 0.2) is 5.16 Å². The molecule has 0 unspecified atom stereocenters. The maximum Gasteiger partial charge on any atom is 0.0881 e. The Bertz CT molecular complexity index is 92.6. The third-order valence-electron chi connectivity index (χ3n) is 1.16. The maximum atomic E-state index is 8.20. The van der Waals surface area contributed by atoms with Gasteiger partial charge in [0, 0.05) is 6.61 Å². The van der Waals surface area contributed by atoms with E-state index in [2.05, 4.69) is 5.16 Å². The Labute approximate surface area is 48.0 Å². The molecule has 0 saturated carbocycles. The molecule has 0 amide bonds. The van der Waals surface area contributed by atoms with Crippen LogP contribution in [0.3, 0.4) is 0 Å². The largest absolute Gasteiger partial charge is 0.411 e. The molecule has 1 N–H and O–H groups in total. The van der Waals surface area contributed by atoms with Gasteiger partial charge in [0.15, 0.2) is 0 Å². The van der Waals surface area contributed by atoms with Gasteiger partial charge in [-0.1, -0.05) is 5.16 Å². The summed E-state index contributed by atoms with van der Waals surface area (Å²) in [5, 5.41) is 11.2. The van der Waals surface area contributed by atoms with Crippen LogP contribution in [0.2, 0.25) is 0 Å². The Morgan fingerprint density at radius 2 is 2.50 bits per heavy atom. The fraction of sp³-hybridized carbons (Fsp3) is 0.800. The van der Waals surface area contributed by atoms with Crippen molar-refractivity contribution in [3.8, 4) is 0 Å². The fourth-order valence-corrected chi connectivity index (χ4v) is 0.719. The smallest absolute Gasteiger partial charge is 0.0881 e. The van der Waals surface area contributed by atoms with Gasteiger partial charge in [0.25, 0.3) is 0 Å². The molecule has 1 aliphatic heterocycles. The van der Waals surface area contributed by atoms with Crippen molar-refractivity contribution in [3.63, 3.8) is 0 Å². The second kappa shape index (κ2) is 2.67. The van der Waals surface area contributed by atoms with Crippen LogP contribution in [-0.4, -0.2) is 24.1 Å². The summed E-state index contributed by atoms with van der Waals surface area (Å²) in [7, 11) is 0. The highest BCUT2D eigenvalue weighted by Crippen LogP contribution is 2.00. The molecular weight excluding hydrogens is 106 g/mol. The quantitative estimate of drug-likeness (QED) is 0.371. The third-order valence-corrected chi connectivity index (χ3v) is 1.16. The minimum Gasteiger partial charge on any atom is -0.411 e. The van der Waals surface area contributed by atoms with Crippen LogP contribution in [0, 0.1) is 0 Å². The predicted octanol–water partition coefficient (Wildman–Crippen LogP) is 0.627. The molecule has 3 nitrogen and oxygen atoms in total. The number of hydrogen-bond donors (Lipinski definition) is 1. The first-order chi connectivity index (χ1) is 3.93. The summed E-state index contributed by atoms with van der Waals surface area (Å²) in [5.74, 6) is 0. The van der Waals surface area contributed by atoms with E-state index < -0.39 is 0 Å². The zero-order valence-corrected chi connectivity index (χ0v) is 4.63. The van der Waals surface area contributed by atoms with Crippen LogP contribution >= 0.6 is 0 Å². The number of rotatable bonds is 0. The van der Waals surface area contributed by atoms with E-state index in [0.29, 0.717) is 6.61 Å². The average molecular weight is 115 g/mol. The highest BCUT2D eigenvalue weighted by molar-refractivity contribution is 5.85. The summed E-state index contributed by atoms with van der Waals surface area (Å²) < 4.78 is 4.98. The van der Waals surface area contributed by atoms with E-state index >= 15 is 0 Å². The zero-order valence-electron chi connectivity index (χ0n) is 4.63. The highest BCUT2D eigenvalue weighted by atomic mass is 16.5. The van der Waals surface area contributed by atoms with E-state index in [9.17, 15) is 0 Å². The fourth-order valence-electron chi connectivity index (χ4n) is 0.719. The molecule has 1 heterocycles. The molecule has 1 rings (SSSR count). The lowest BCUT2D eigenvalue weighted by Gasteiger charge is -2.10. The van der Waals surface area contributed by atoms with Crippen molar-refractivity contribution in [2.45, 2.75) is 12.8 Å². The Morgan fingerprint density at radius 3 is 2.88 bits per heavy atom. The normalized spacial score (nSPS) is 26.2. The van der Waals surface area contributed by atoms with E-state index in [1.807, 2.05) is 0 Å². The lowest BCUT2D eigenvalue weighted by molar-refractivity contribution is 0.150. The molecule has 0 bridgehead atoms. The SMILES string of the molecule is ON=C1CCCOC1. The van der Waals surface area contributed by atoms with Crippen molar-refractivity contribution in [2.75, 3.05) is 13.2 Å². The molecular formula is C5H9NO2. The van der Waals surface area contributed by atoms with E-state index in [4.69, 9.17) is 9.94 Å². The molecule has 3 heteroatoms. The Hall–Kier alpha value is -0.570. The molecule has 0 aromatic heterocycles. The Kier molecular flexibility index (Phi) is 1.86. The molecule has 0 aromatic rings. The third kappa shape index (κ3) is 1.20. The standard InChI is InChI=1S/C5H9NO2/c7-6-5-2-1-3-8-4-5/h7H,1-4H2. The molecule has 1 saturated heterocycles. The summed E-state index contributed by atoms with van der Waals surface area (Å²) in [4.78, 5) is 0. The molecule has 0 aliphatic carbocycles. The number of nitrogens with zero attached hydrogens (tertiary/aromatic N) is 1. The first-order valence-electron chi connectivity index (χ1n) is 2.71. The molecule has 46 valence electrons. The monoisotopic (exact) mass is 115 g/mol. The molecule has 1 fully saturated rings. The summed E-state index contributed by atoms with van der Waals surface area (Å²) in [5.41, 5.74) is 0.760. The predicted molar refractivity (Wildman–Crippen MR) is 29.3 cm³/mol. The van der Waals surface area contributed by atoms with Gasteiger partial charge in [-0.3, -0.25) is 0 Å². The van der Waals surface area contributed by atoms with E-state index in [1.165, 1.54) is 0 Å². The molecule has 0 spiro atoms. The Morgan fingerprint density at radius 1 is 1.62 bits per heavy atom. The Balaban J connectivity index is 2.33. The van der Waals surface area contributed by atoms with Crippen molar-refractivity contribution in [1.82, 2.24) is 0 Å². The molecule has 0 aromatic carbocycles. The molecule has 0 radical (unpaired) electrons. The van der Waals surface area contributed by atoms with Gasteiger partial charge < -0.3 is 9.94 Å². The van der Waals surface area contributed by atoms with Gasteiger partial charge in [0.1, 0.15) is 0 Å². The number of hydrogen-bond acceptors (Lipinski definition) is 3. The maximum absolute atomic E-state index is 8.20. The average Bonchev–Trinajstić information content (AvgIpc) is 1.90. The first kappa shape index (κ1) is 5.56. The van der Waals surface area contributed by atoms with Crippen molar-refractivity contribution in [2.24, 2.45) is 5.16 Å².